The number of carbonyl (C=O) groups is 3. The molecule has 2 aromatic carbocycles. The SMILES string of the molecule is CCc1cc(SCC2=C(C(=O)O)N3C(=O)[C@@H](NC(=O)/C(=N\OCc4ccc(O)c(O)c4)c4csc(N)n4)[C@H]3SC2)n2nc(CNS(=O)(=O)c3ccc(O)c(O)c3)nc2n1. The Morgan fingerprint density at radius 3 is 2.47 bits per heavy atom. The van der Waals surface area contributed by atoms with Gasteiger partial charge in [0, 0.05) is 28.6 Å². The Labute approximate surface area is 345 Å². The van der Waals surface area contributed by atoms with Crippen LogP contribution in [-0.2, 0) is 48.8 Å². The number of nitrogens with zero attached hydrogens (tertiary/aromatic N) is 7. The number of thiazole rings is 1. The number of carboxylic acids is 1. The zero-order chi connectivity index (χ0) is 42.2. The van der Waals surface area contributed by atoms with Gasteiger partial charge in [-0.15, -0.1) is 40.0 Å². The van der Waals surface area contributed by atoms with Crippen LogP contribution in [0, 0.1) is 0 Å². The molecule has 0 bridgehead atoms. The Bertz CT molecular complexity index is 2690. The average Bonchev–Trinajstić information content (AvgIpc) is 3.84. The monoisotopic (exact) mass is 884 g/mol. The topological polar surface area (TPSA) is 317 Å². The molecule has 308 valence electrons. The molecular formula is C34H32N10O11S4. The predicted molar refractivity (Wildman–Crippen MR) is 212 cm³/mol. The van der Waals surface area contributed by atoms with E-state index in [0.29, 0.717) is 28.3 Å². The summed E-state index contributed by atoms with van der Waals surface area (Å²) >= 11 is 3.50. The second-order valence-electron chi connectivity index (χ2n) is 12.7. The van der Waals surface area contributed by atoms with E-state index in [9.17, 15) is 48.3 Å². The second-order valence-corrected chi connectivity index (χ2v) is 17.4. The van der Waals surface area contributed by atoms with Crippen molar-refractivity contribution in [1.29, 1.82) is 0 Å². The minimum Gasteiger partial charge on any atom is -0.504 e. The number of carbonyl (C=O) groups excluding carboxylic acids is 2. The largest absolute Gasteiger partial charge is 0.504 e. The van der Waals surface area contributed by atoms with Gasteiger partial charge in [-0.1, -0.05) is 18.1 Å². The van der Waals surface area contributed by atoms with E-state index in [1.807, 2.05) is 6.92 Å². The van der Waals surface area contributed by atoms with E-state index in [2.05, 4.69) is 35.2 Å². The number of carboxylic acid groups (broad SMARTS) is 1. The van der Waals surface area contributed by atoms with Gasteiger partial charge in [-0.05, 0) is 47.9 Å². The molecule has 2 amide bonds. The molecule has 0 spiro atoms. The first-order valence-corrected chi connectivity index (χ1v) is 21.6. The minimum atomic E-state index is -4.14. The van der Waals surface area contributed by atoms with Gasteiger partial charge < -0.3 is 41.4 Å². The Morgan fingerprint density at radius 2 is 1.80 bits per heavy atom. The first-order valence-electron chi connectivity index (χ1n) is 17.2. The number of oxime groups is 1. The number of aryl methyl sites for hydroxylation is 1. The van der Waals surface area contributed by atoms with Crippen LogP contribution >= 0.6 is 34.9 Å². The number of nitrogen functional groups attached to an aromatic ring is 1. The molecule has 2 aliphatic heterocycles. The zero-order valence-corrected chi connectivity index (χ0v) is 33.6. The van der Waals surface area contributed by atoms with Gasteiger partial charge in [0.05, 0.1) is 11.4 Å². The first kappa shape index (κ1) is 41.0. The van der Waals surface area contributed by atoms with Crippen LogP contribution in [0.25, 0.3) is 5.78 Å². The number of anilines is 1. The number of phenols is 4. The zero-order valence-electron chi connectivity index (χ0n) is 30.3. The van der Waals surface area contributed by atoms with E-state index >= 15 is 0 Å². The number of hydrogen-bond acceptors (Lipinski definition) is 19. The Hall–Kier alpha value is -6.15. The number of nitrogens with one attached hydrogen (secondary N) is 2. The van der Waals surface area contributed by atoms with Crippen molar-refractivity contribution in [2.45, 2.75) is 47.8 Å². The Balaban J connectivity index is 1.05. The van der Waals surface area contributed by atoms with Crippen molar-refractivity contribution in [3.8, 4) is 23.0 Å². The molecule has 0 saturated carbocycles. The maximum Gasteiger partial charge on any atom is 0.352 e. The molecule has 1 fully saturated rings. The normalized spacial score (nSPS) is 16.9. The number of aliphatic carboxylic acids is 1. The number of phenolic OH excluding ortho intramolecular Hbond substituents is 4. The molecule has 9 N–H and O–H groups in total. The highest BCUT2D eigenvalue weighted by molar-refractivity contribution is 8.01. The molecule has 1 saturated heterocycles. The quantitative estimate of drug-likeness (QED) is 0.0184. The van der Waals surface area contributed by atoms with Crippen LogP contribution in [0.5, 0.6) is 23.0 Å². The number of fused-ring (bicyclic) bond motifs is 2. The molecule has 0 unspecified atom stereocenters. The molecular weight excluding hydrogens is 853 g/mol. The van der Waals surface area contributed by atoms with Crippen molar-refractivity contribution in [3.05, 3.63) is 81.9 Å². The number of hydrogen-bond donors (Lipinski definition) is 8. The molecule has 0 aliphatic carbocycles. The highest BCUT2D eigenvalue weighted by Gasteiger charge is 2.54. The summed E-state index contributed by atoms with van der Waals surface area (Å²) in [5.74, 6) is -4.12. The van der Waals surface area contributed by atoms with E-state index in [1.165, 1.54) is 51.6 Å². The molecule has 5 aromatic rings. The summed E-state index contributed by atoms with van der Waals surface area (Å²) < 4.78 is 29.4. The van der Waals surface area contributed by atoms with E-state index in [4.69, 9.17) is 10.6 Å². The highest BCUT2D eigenvalue weighted by Crippen LogP contribution is 2.42. The summed E-state index contributed by atoms with van der Waals surface area (Å²) in [7, 11) is -4.14. The number of sulfonamides is 1. The molecule has 2 aliphatic rings. The summed E-state index contributed by atoms with van der Waals surface area (Å²) in [6.45, 7) is 1.33. The fraction of sp³-hybridized carbons (Fsp3) is 0.235. The van der Waals surface area contributed by atoms with Crippen LogP contribution in [0.15, 0.2) is 74.2 Å². The van der Waals surface area contributed by atoms with E-state index in [0.717, 1.165) is 34.4 Å². The lowest BCUT2D eigenvalue weighted by atomic mass is 10.0. The number of amides is 2. The Kier molecular flexibility index (Phi) is 11.5. The van der Waals surface area contributed by atoms with E-state index in [1.54, 1.807) is 6.07 Å². The summed E-state index contributed by atoms with van der Waals surface area (Å²) in [5.41, 5.74) is 6.80. The van der Waals surface area contributed by atoms with E-state index in [-0.39, 0.29) is 74.9 Å². The predicted octanol–water partition coefficient (Wildman–Crippen LogP) is 1.48. The molecule has 3 aromatic heterocycles. The smallest absolute Gasteiger partial charge is 0.352 e. The summed E-state index contributed by atoms with van der Waals surface area (Å²) in [4.78, 5) is 58.9. The van der Waals surface area contributed by atoms with Crippen LogP contribution < -0.4 is 15.8 Å². The van der Waals surface area contributed by atoms with Gasteiger partial charge in [0.25, 0.3) is 17.6 Å². The van der Waals surface area contributed by atoms with Crippen molar-refractivity contribution < 1.29 is 53.2 Å². The lowest BCUT2D eigenvalue weighted by molar-refractivity contribution is -0.150. The van der Waals surface area contributed by atoms with Gasteiger partial charge in [-0.25, -0.2) is 27.9 Å². The first-order chi connectivity index (χ1) is 28.1. The van der Waals surface area contributed by atoms with Gasteiger partial charge >= 0.3 is 5.97 Å². The van der Waals surface area contributed by atoms with E-state index < -0.39 is 50.7 Å². The minimum absolute atomic E-state index is 0.0654. The van der Waals surface area contributed by atoms with Gasteiger partial charge in [0.1, 0.15) is 34.4 Å². The van der Waals surface area contributed by atoms with Crippen molar-refractivity contribution in [2.24, 2.45) is 5.16 Å². The van der Waals surface area contributed by atoms with Crippen LogP contribution in [0.3, 0.4) is 0 Å². The lowest BCUT2D eigenvalue weighted by Gasteiger charge is -2.49. The average molecular weight is 885 g/mol. The van der Waals surface area contributed by atoms with Crippen molar-refractivity contribution >= 4 is 79.3 Å². The van der Waals surface area contributed by atoms with Gasteiger partial charge in [-0.2, -0.15) is 9.50 Å². The summed E-state index contributed by atoms with van der Waals surface area (Å²) in [5, 5.41) is 61.2. The second kappa shape index (κ2) is 16.6. The molecule has 2 atom stereocenters. The van der Waals surface area contributed by atoms with Gasteiger partial charge in [-0.3, -0.25) is 14.5 Å². The molecule has 59 heavy (non-hydrogen) atoms. The number of benzene rings is 2. The number of rotatable bonds is 15. The third kappa shape index (κ3) is 8.54. The maximum atomic E-state index is 13.5. The molecule has 21 nitrogen and oxygen atoms in total. The summed E-state index contributed by atoms with van der Waals surface area (Å²) in [6.07, 6.45) is 0.511. The van der Waals surface area contributed by atoms with Crippen LogP contribution in [-0.4, -0.2) is 110 Å². The molecule has 5 heterocycles. The molecule has 0 radical (unpaired) electrons. The van der Waals surface area contributed by atoms with Crippen molar-refractivity contribution in [2.75, 3.05) is 17.2 Å². The number of thioether (sulfide) groups is 2. The fourth-order valence-corrected chi connectivity index (χ4v) is 9.85. The third-order valence-corrected chi connectivity index (χ3v) is 13.2. The van der Waals surface area contributed by atoms with Gasteiger partial charge in [0.2, 0.25) is 10.0 Å². The number of β-lactam (4-membered cyclic amide) rings is 1. The summed E-state index contributed by atoms with van der Waals surface area (Å²) in [6, 6.07) is 7.67. The fourth-order valence-electron chi connectivity index (χ4n) is 5.80. The Morgan fingerprint density at radius 1 is 1.05 bits per heavy atom. The van der Waals surface area contributed by atoms with Crippen LogP contribution in [0.4, 0.5) is 5.13 Å². The highest BCUT2D eigenvalue weighted by atomic mass is 32.2. The van der Waals surface area contributed by atoms with Crippen molar-refractivity contribution in [1.82, 2.24) is 39.5 Å². The lowest BCUT2D eigenvalue weighted by Crippen LogP contribution is -2.71. The number of aromatic nitrogens is 5. The number of nitrogens with two attached hydrogens (primary N) is 1. The maximum absolute atomic E-state index is 13.5. The standard InChI is InChI=1S/C34H32N10O11S4/c1-2-17-8-25(44-34(37-17)39-24(41-44)10-36-59(53,54)18-4-6-21(46)23(48)9-18)56-12-16-13-57-31-27(30(50)43(31)28(16)32(51)52)40-29(49)26(19-14-58-33(35)38-19)42-55-11-15-3-5-20(45)22(47)7-15/h3-9,14,27,31,36,45-48H,2,10-13H2,1H3,(H2,35,38)(H,40,49)(H,51,52)/b42-26-/t27-,31-/m1/s1. The van der Waals surface area contributed by atoms with Crippen LogP contribution in [0.1, 0.15) is 29.7 Å². The van der Waals surface area contributed by atoms with Crippen molar-refractivity contribution in [3.63, 3.8) is 0 Å². The third-order valence-electron chi connectivity index (χ3n) is 8.75. The number of aromatic hydroxyl groups is 4. The van der Waals surface area contributed by atoms with Gasteiger partial charge in [0.15, 0.2) is 39.7 Å². The molecule has 25 heteroatoms. The molecule has 7 rings (SSSR count). The van der Waals surface area contributed by atoms with Crippen LogP contribution in [0.2, 0.25) is 0 Å².